The lowest BCUT2D eigenvalue weighted by Crippen LogP contribution is -2.37. The van der Waals surface area contributed by atoms with Gasteiger partial charge in [-0.15, -0.1) is 0 Å². The van der Waals surface area contributed by atoms with Crippen molar-refractivity contribution in [2.45, 2.75) is 58.9 Å². The fourth-order valence-corrected chi connectivity index (χ4v) is 10.1. The van der Waals surface area contributed by atoms with E-state index >= 15 is 0 Å². The van der Waals surface area contributed by atoms with Crippen molar-refractivity contribution in [3.05, 3.63) is 179 Å². The van der Waals surface area contributed by atoms with Gasteiger partial charge in [-0.2, -0.15) is 0 Å². The zero-order valence-electron chi connectivity index (χ0n) is 34.3. The molecule has 1 nitrogen and oxygen atoms in total. The van der Waals surface area contributed by atoms with Gasteiger partial charge in [-0.25, -0.2) is 0 Å². The molecule has 0 saturated heterocycles. The molecule has 6 aromatic carbocycles. The van der Waals surface area contributed by atoms with Gasteiger partial charge in [0.05, 0.1) is 24.2 Å². The van der Waals surface area contributed by atoms with Gasteiger partial charge in [0, 0.05) is 17.1 Å². The highest BCUT2D eigenvalue weighted by Crippen LogP contribution is 2.35. The molecule has 6 rings (SSSR count). The van der Waals surface area contributed by atoms with Crippen LogP contribution < -0.4 is 20.5 Å². The molecule has 0 saturated carbocycles. The maximum absolute atomic E-state index is 2.40. The molecule has 0 aliphatic heterocycles. The zero-order chi connectivity index (χ0) is 39.2. The molecule has 0 atom stereocenters. The van der Waals surface area contributed by atoms with Crippen molar-refractivity contribution in [1.29, 1.82) is 0 Å². The van der Waals surface area contributed by atoms with E-state index in [-0.39, 0.29) is 0 Å². The van der Waals surface area contributed by atoms with E-state index in [1.165, 1.54) is 48.9 Å². The van der Waals surface area contributed by atoms with E-state index in [1.807, 2.05) is 0 Å². The first-order valence-corrected chi connectivity index (χ1v) is 30.1. The van der Waals surface area contributed by atoms with Crippen molar-refractivity contribution < 1.29 is 0 Å². The minimum atomic E-state index is -1.37. The van der Waals surface area contributed by atoms with Crippen LogP contribution in [0.2, 0.25) is 58.9 Å². The van der Waals surface area contributed by atoms with Crippen molar-refractivity contribution >= 4 is 93.3 Å². The van der Waals surface area contributed by atoms with E-state index in [1.54, 1.807) is 0 Å². The number of hydrogen-bond donors (Lipinski definition) is 0. The fraction of sp³-hybridized carbons (Fsp3) is 0.176. The molecular formula is C51H57NSi3. The predicted molar refractivity (Wildman–Crippen MR) is 256 cm³/mol. The number of benzene rings is 6. The van der Waals surface area contributed by atoms with Gasteiger partial charge < -0.3 is 4.90 Å². The van der Waals surface area contributed by atoms with Crippen LogP contribution in [-0.2, 0) is 0 Å². The monoisotopic (exact) mass is 767 g/mol. The van der Waals surface area contributed by atoms with Crippen molar-refractivity contribution in [2.24, 2.45) is 0 Å². The normalized spacial score (nSPS) is 12.6. The third-order valence-corrected chi connectivity index (χ3v) is 16.2. The van der Waals surface area contributed by atoms with Crippen LogP contribution in [0.5, 0.6) is 0 Å². The Balaban J connectivity index is 1.27. The number of anilines is 3. The summed E-state index contributed by atoms with van der Waals surface area (Å²) in [5.41, 5.74) is 10.7. The fourth-order valence-electron chi connectivity index (χ4n) is 6.55. The van der Waals surface area contributed by atoms with Gasteiger partial charge in [-0.05, 0) is 69.8 Å². The van der Waals surface area contributed by atoms with Gasteiger partial charge in [0.25, 0.3) is 0 Å². The van der Waals surface area contributed by atoms with Crippen LogP contribution in [0, 0.1) is 0 Å². The third-order valence-electron chi connectivity index (χ3n) is 10.1. The first-order chi connectivity index (χ1) is 26.1. The summed E-state index contributed by atoms with van der Waals surface area (Å²) in [7, 11) is -4.10. The van der Waals surface area contributed by atoms with Gasteiger partial charge >= 0.3 is 0 Å². The van der Waals surface area contributed by atoms with Crippen LogP contribution >= 0.6 is 0 Å². The Morgan fingerprint density at radius 2 is 0.527 bits per heavy atom. The van der Waals surface area contributed by atoms with Crippen LogP contribution in [0.4, 0.5) is 17.1 Å². The standard InChI is InChI=1S/C51H57NSi3/c1-53(2,3)49-16-10-13-43(37-49)22-19-40-25-31-46(32-26-40)52(47-33-27-41(28-34-47)20-23-44-14-11-17-50(38-44)54(4,5)6)48-35-29-42(30-36-48)21-24-45-15-12-18-51(39-45)55(7,8)9/h10-39H,1-9H3/b22-19+,23-20+,24-21+. The Hall–Kier alpha value is -5.01. The van der Waals surface area contributed by atoms with Crippen molar-refractivity contribution in [3.63, 3.8) is 0 Å². The van der Waals surface area contributed by atoms with E-state index in [2.05, 4.69) is 246 Å². The molecule has 0 heterocycles. The maximum atomic E-state index is 2.40. The third kappa shape index (κ3) is 10.8. The van der Waals surface area contributed by atoms with Gasteiger partial charge in [0.2, 0.25) is 0 Å². The van der Waals surface area contributed by atoms with E-state index in [0.717, 1.165) is 17.1 Å². The molecule has 0 fully saturated rings. The summed E-state index contributed by atoms with van der Waals surface area (Å²) in [6.45, 7) is 21.6. The Morgan fingerprint density at radius 1 is 0.291 bits per heavy atom. The Labute approximate surface area is 334 Å². The molecule has 278 valence electrons. The lowest BCUT2D eigenvalue weighted by molar-refractivity contribution is 1.28. The summed E-state index contributed by atoms with van der Waals surface area (Å²) in [4.78, 5) is 2.35. The van der Waals surface area contributed by atoms with Crippen LogP contribution in [-0.4, -0.2) is 24.2 Å². The van der Waals surface area contributed by atoms with Gasteiger partial charge in [-0.1, -0.05) is 220 Å². The second kappa shape index (κ2) is 16.8. The first-order valence-electron chi connectivity index (χ1n) is 19.6. The summed E-state index contributed by atoms with van der Waals surface area (Å²) in [6, 6.07) is 53.8. The largest absolute Gasteiger partial charge is 0.311 e. The van der Waals surface area contributed by atoms with Crippen LogP contribution in [0.25, 0.3) is 36.5 Å². The van der Waals surface area contributed by atoms with Crippen LogP contribution in [0.15, 0.2) is 146 Å². The molecule has 0 bridgehead atoms. The van der Waals surface area contributed by atoms with Gasteiger partial charge in [0.1, 0.15) is 0 Å². The van der Waals surface area contributed by atoms with Crippen LogP contribution in [0.1, 0.15) is 33.4 Å². The van der Waals surface area contributed by atoms with Gasteiger partial charge in [-0.3, -0.25) is 0 Å². The molecule has 0 spiro atoms. The van der Waals surface area contributed by atoms with Crippen molar-refractivity contribution in [3.8, 4) is 0 Å². The molecular weight excluding hydrogens is 711 g/mol. The van der Waals surface area contributed by atoms with Crippen LogP contribution in [0.3, 0.4) is 0 Å². The molecule has 4 heteroatoms. The lowest BCUT2D eigenvalue weighted by atomic mass is 10.1. The lowest BCUT2D eigenvalue weighted by Gasteiger charge is -2.26. The minimum Gasteiger partial charge on any atom is -0.311 e. The molecule has 6 aromatic rings. The molecule has 0 aliphatic rings. The average molecular weight is 768 g/mol. The SMILES string of the molecule is C[Si](C)(C)c1cccc(/C=C/c2ccc(N(c3ccc(/C=C/c4cccc([Si](C)(C)C)c4)cc3)c3ccc(/C=C/c4cccc([Si](C)(C)C)c4)cc3)cc2)c1. The van der Waals surface area contributed by atoms with Crippen molar-refractivity contribution in [2.75, 3.05) is 4.90 Å². The van der Waals surface area contributed by atoms with E-state index < -0.39 is 24.2 Å². The first kappa shape index (κ1) is 39.7. The Kier molecular flexibility index (Phi) is 12.1. The molecule has 0 unspecified atom stereocenters. The molecule has 0 radical (unpaired) electrons. The van der Waals surface area contributed by atoms with E-state index in [4.69, 9.17) is 0 Å². The second-order valence-electron chi connectivity index (χ2n) is 17.7. The molecule has 0 N–H and O–H groups in total. The molecule has 0 amide bonds. The quantitative estimate of drug-likeness (QED) is 0.0885. The highest BCUT2D eigenvalue weighted by Gasteiger charge is 2.18. The maximum Gasteiger partial charge on any atom is 0.0776 e. The summed E-state index contributed by atoms with van der Waals surface area (Å²) < 4.78 is 0. The summed E-state index contributed by atoms with van der Waals surface area (Å²) in [5.74, 6) is 0. The molecule has 55 heavy (non-hydrogen) atoms. The smallest absolute Gasteiger partial charge is 0.0776 e. The Morgan fingerprint density at radius 3 is 0.764 bits per heavy atom. The highest BCUT2D eigenvalue weighted by molar-refractivity contribution is 6.89. The highest BCUT2D eigenvalue weighted by atomic mass is 28.3. The topological polar surface area (TPSA) is 3.24 Å². The number of nitrogens with zero attached hydrogens (tertiary/aromatic N) is 1. The minimum absolute atomic E-state index is 1.12. The van der Waals surface area contributed by atoms with E-state index in [0.29, 0.717) is 0 Å². The second-order valence-corrected chi connectivity index (χ2v) is 33.0. The van der Waals surface area contributed by atoms with E-state index in [9.17, 15) is 0 Å². The molecule has 0 aromatic heterocycles. The van der Waals surface area contributed by atoms with Crippen molar-refractivity contribution in [1.82, 2.24) is 0 Å². The predicted octanol–water partition coefficient (Wildman–Crippen LogP) is 13.3. The summed E-state index contributed by atoms with van der Waals surface area (Å²) in [6.07, 6.45) is 13.4. The summed E-state index contributed by atoms with van der Waals surface area (Å²) in [5, 5.41) is 4.45. The zero-order valence-corrected chi connectivity index (χ0v) is 37.3. The number of rotatable bonds is 12. The Bertz CT molecular complexity index is 2030. The van der Waals surface area contributed by atoms with Gasteiger partial charge in [0.15, 0.2) is 0 Å². The average Bonchev–Trinajstić information content (AvgIpc) is 3.16. The summed E-state index contributed by atoms with van der Waals surface area (Å²) >= 11 is 0. The molecule has 0 aliphatic carbocycles. The number of hydrogen-bond acceptors (Lipinski definition) is 1.